The largest absolute Gasteiger partial charge is 0.380 e. The van der Waals surface area contributed by atoms with Gasteiger partial charge in [-0.05, 0) is 49.1 Å². The van der Waals surface area contributed by atoms with Crippen molar-refractivity contribution in [2.45, 2.75) is 53.0 Å². The molecule has 0 bridgehead atoms. The lowest BCUT2D eigenvalue weighted by molar-refractivity contribution is 0.177. The first-order valence-electron chi connectivity index (χ1n) is 6.89. The summed E-state index contributed by atoms with van der Waals surface area (Å²) in [7, 11) is 0. The predicted molar refractivity (Wildman–Crippen MR) is 75.3 cm³/mol. The molecular weight excluding hydrogens is 225 g/mol. The molecule has 0 heterocycles. The highest BCUT2D eigenvalue weighted by Crippen LogP contribution is 2.39. The Morgan fingerprint density at radius 1 is 1.28 bits per heavy atom. The molecule has 0 saturated heterocycles. The molecule has 1 aromatic carbocycles. The maximum atomic E-state index is 13.8. The van der Waals surface area contributed by atoms with E-state index in [0.29, 0.717) is 23.1 Å². The lowest BCUT2D eigenvalue weighted by atomic mass is 9.70. The Morgan fingerprint density at radius 2 is 2.00 bits per heavy atom. The molecule has 0 aromatic heterocycles. The van der Waals surface area contributed by atoms with Crippen LogP contribution in [0.1, 0.15) is 45.6 Å². The molecule has 2 atom stereocenters. The van der Waals surface area contributed by atoms with E-state index in [9.17, 15) is 4.39 Å². The summed E-state index contributed by atoms with van der Waals surface area (Å²) in [6.45, 7) is 8.88. The third-order valence-corrected chi connectivity index (χ3v) is 3.96. The molecule has 0 spiro atoms. The summed E-state index contributed by atoms with van der Waals surface area (Å²) in [5.41, 5.74) is 2.03. The second kappa shape index (κ2) is 4.91. The van der Waals surface area contributed by atoms with E-state index in [1.54, 1.807) is 6.07 Å². The Labute approximate surface area is 110 Å². The van der Waals surface area contributed by atoms with Gasteiger partial charge in [-0.3, -0.25) is 0 Å². The van der Waals surface area contributed by atoms with E-state index < -0.39 is 0 Å². The van der Waals surface area contributed by atoms with Gasteiger partial charge < -0.3 is 5.32 Å². The molecule has 1 saturated carbocycles. The first-order chi connectivity index (χ1) is 8.37. The van der Waals surface area contributed by atoms with Gasteiger partial charge in [0.1, 0.15) is 5.82 Å². The van der Waals surface area contributed by atoms with Gasteiger partial charge in [0.05, 0.1) is 5.69 Å². The van der Waals surface area contributed by atoms with Crippen molar-refractivity contribution in [1.82, 2.24) is 0 Å². The van der Waals surface area contributed by atoms with Gasteiger partial charge in [-0.1, -0.05) is 32.9 Å². The monoisotopic (exact) mass is 249 g/mol. The Bertz CT molecular complexity index is 405. The van der Waals surface area contributed by atoms with Gasteiger partial charge in [0.15, 0.2) is 0 Å². The van der Waals surface area contributed by atoms with E-state index in [2.05, 4.69) is 26.1 Å². The van der Waals surface area contributed by atoms with Crippen LogP contribution >= 0.6 is 0 Å². The number of aryl methyl sites for hydroxylation is 1. The summed E-state index contributed by atoms with van der Waals surface area (Å²) in [5, 5.41) is 3.43. The van der Waals surface area contributed by atoms with Crippen molar-refractivity contribution in [1.29, 1.82) is 0 Å². The maximum Gasteiger partial charge on any atom is 0.146 e. The van der Waals surface area contributed by atoms with Crippen LogP contribution in [0.15, 0.2) is 18.2 Å². The number of benzene rings is 1. The van der Waals surface area contributed by atoms with E-state index in [0.717, 1.165) is 18.4 Å². The van der Waals surface area contributed by atoms with Crippen molar-refractivity contribution in [3.8, 4) is 0 Å². The molecule has 0 aliphatic heterocycles. The number of para-hydroxylation sites is 1. The van der Waals surface area contributed by atoms with Crippen molar-refractivity contribution < 1.29 is 4.39 Å². The van der Waals surface area contributed by atoms with E-state index in [1.807, 2.05) is 13.0 Å². The second-order valence-electron chi connectivity index (χ2n) is 6.69. The van der Waals surface area contributed by atoms with Gasteiger partial charge in [-0.2, -0.15) is 0 Å². The third kappa shape index (κ3) is 3.04. The van der Waals surface area contributed by atoms with Crippen molar-refractivity contribution in [2.75, 3.05) is 5.32 Å². The van der Waals surface area contributed by atoms with Crippen LogP contribution in [0.25, 0.3) is 0 Å². The minimum atomic E-state index is -0.133. The van der Waals surface area contributed by atoms with Crippen LogP contribution < -0.4 is 5.32 Å². The average molecular weight is 249 g/mol. The van der Waals surface area contributed by atoms with Gasteiger partial charge in [0.25, 0.3) is 0 Å². The summed E-state index contributed by atoms with van der Waals surface area (Å²) in [5.74, 6) is 0.573. The molecule has 1 fully saturated rings. The quantitative estimate of drug-likeness (QED) is 0.796. The lowest BCUT2D eigenvalue weighted by Crippen LogP contribution is -2.35. The average Bonchev–Trinajstić information content (AvgIpc) is 2.21. The molecule has 1 aliphatic carbocycles. The van der Waals surface area contributed by atoms with Crippen LogP contribution in [0, 0.1) is 24.1 Å². The van der Waals surface area contributed by atoms with E-state index in [-0.39, 0.29) is 5.82 Å². The highest BCUT2D eigenvalue weighted by Gasteiger charge is 2.32. The summed E-state index contributed by atoms with van der Waals surface area (Å²) in [6, 6.07) is 5.65. The van der Waals surface area contributed by atoms with Crippen molar-refractivity contribution >= 4 is 5.69 Å². The van der Waals surface area contributed by atoms with Crippen LogP contribution in [-0.4, -0.2) is 6.04 Å². The summed E-state index contributed by atoms with van der Waals surface area (Å²) in [4.78, 5) is 0. The number of halogens is 1. The topological polar surface area (TPSA) is 12.0 Å². The van der Waals surface area contributed by atoms with Crippen LogP contribution in [0.3, 0.4) is 0 Å². The highest BCUT2D eigenvalue weighted by molar-refractivity contribution is 5.52. The highest BCUT2D eigenvalue weighted by atomic mass is 19.1. The number of hydrogen-bond donors (Lipinski definition) is 1. The first-order valence-corrected chi connectivity index (χ1v) is 6.89. The maximum absolute atomic E-state index is 13.8. The zero-order valence-electron chi connectivity index (χ0n) is 11.9. The molecule has 0 radical (unpaired) electrons. The predicted octanol–water partition coefficient (Wildman–Crippen LogP) is 4.76. The van der Waals surface area contributed by atoms with Gasteiger partial charge in [0, 0.05) is 6.04 Å². The molecule has 1 nitrogen and oxygen atoms in total. The number of anilines is 1. The lowest BCUT2D eigenvalue weighted by Gasteiger charge is -2.39. The smallest absolute Gasteiger partial charge is 0.146 e. The van der Waals surface area contributed by atoms with Crippen molar-refractivity contribution in [3.05, 3.63) is 29.6 Å². The normalized spacial score (nSPS) is 26.9. The van der Waals surface area contributed by atoms with Gasteiger partial charge in [-0.15, -0.1) is 0 Å². The molecule has 2 rings (SSSR count). The SMILES string of the molecule is Cc1cccc(F)c1NC1CC(C)CC(C)(C)C1. The fourth-order valence-electron chi connectivity index (χ4n) is 3.47. The van der Waals surface area contributed by atoms with Crippen molar-refractivity contribution in [2.24, 2.45) is 11.3 Å². The molecular formula is C16H24FN. The van der Waals surface area contributed by atoms with E-state index >= 15 is 0 Å². The van der Waals surface area contributed by atoms with Gasteiger partial charge in [-0.25, -0.2) is 4.39 Å². The Balaban J connectivity index is 2.14. The molecule has 1 aliphatic rings. The minimum Gasteiger partial charge on any atom is -0.380 e. The Kier molecular flexibility index (Phi) is 3.65. The number of nitrogens with one attached hydrogen (secondary N) is 1. The molecule has 1 aromatic rings. The van der Waals surface area contributed by atoms with Crippen LogP contribution in [0.5, 0.6) is 0 Å². The molecule has 2 heteroatoms. The molecule has 100 valence electrons. The first kappa shape index (κ1) is 13.4. The Morgan fingerprint density at radius 3 is 2.61 bits per heavy atom. The molecule has 0 amide bonds. The number of hydrogen-bond acceptors (Lipinski definition) is 1. The molecule has 2 unspecified atom stereocenters. The van der Waals surface area contributed by atoms with Crippen molar-refractivity contribution in [3.63, 3.8) is 0 Å². The summed E-state index contributed by atoms with van der Waals surface area (Å²) < 4.78 is 13.8. The van der Waals surface area contributed by atoms with Gasteiger partial charge >= 0.3 is 0 Å². The zero-order valence-corrected chi connectivity index (χ0v) is 11.9. The fourth-order valence-corrected chi connectivity index (χ4v) is 3.47. The van der Waals surface area contributed by atoms with Crippen LogP contribution in [-0.2, 0) is 0 Å². The number of rotatable bonds is 2. The standard InChI is InChI=1S/C16H24FN/c1-11-8-13(10-16(3,4)9-11)18-15-12(2)6-5-7-14(15)17/h5-7,11,13,18H,8-10H2,1-4H3. The fraction of sp³-hybridized carbons (Fsp3) is 0.625. The zero-order chi connectivity index (χ0) is 13.3. The Hall–Kier alpha value is -1.05. The summed E-state index contributed by atoms with van der Waals surface area (Å²) in [6.07, 6.45) is 3.52. The van der Waals surface area contributed by atoms with E-state index in [1.165, 1.54) is 12.5 Å². The second-order valence-corrected chi connectivity index (χ2v) is 6.69. The third-order valence-electron chi connectivity index (χ3n) is 3.96. The van der Waals surface area contributed by atoms with Crippen LogP contribution in [0.4, 0.5) is 10.1 Å². The van der Waals surface area contributed by atoms with E-state index in [4.69, 9.17) is 0 Å². The van der Waals surface area contributed by atoms with Crippen LogP contribution in [0.2, 0.25) is 0 Å². The minimum absolute atomic E-state index is 0.133. The summed E-state index contributed by atoms with van der Waals surface area (Å²) >= 11 is 0. The molecule has 1 N–H and O–H groups in total. The molecule has 18 heavy (non-hydrogen) atoms. The van der Waals surface area contributed by atoms with Gasteiger partial charge in [0.2, 0.25) is 0 Å².